The van der Waals surface area contributed by atoms with E-state index in [0.29, 0.717) is 0 Å². The molecule has 0 aromatic heterocycles. The van der Waals surface area contributed by atoms with Gasteiger partial charge in [0.15, 0.2) is 0 Å². The molecule has 0 bridgehead atoms. The molecule has 2 nitrogen and oxygen atoms in total. The van der Waals surface area contributed by atoms with Crippen molar-refractivity contribution in [2.75, 3.05) is 11.1 Å². The third-order valence-electron chi connectivity index (χ3n) is 2.98. The van der Waals surface area contributed by atoms with Crippen molar-refractivity contribution in [3.8, 4) is 0 Å². The number of anilines is 2. The molecule has 0 spiro atoms. The maximum atomic E-state index is 5.99. The van der Waals surface area contributed by atoms with Crippen molar-refractivity contribution in [2.45, 2.75) is 19.9 Å². The maximum absolute atomic E-state index is 5.99. The molecular formula is C15H17IN2. The summed E-state index contributed by atoms with van der Waals surface area (Å²) in [5, 5.41) is 3.40. The fraction of sp³-hybridized carbons (Fsp3) is 0.200. The SMILES string of the molecule is CCc1ccccc1CNc1ccc(I)cc1N. The minimum absolute atomic E-state index is 0.802. The van der Waals surface area contributed by atoms with Crippen molar-refractivity contribution >= 4 is 34.0 Å². The van der Waals surface area contributed by atoms with Crippen LogP contribution >= 0.6 is 22.6 Å². The third kappa shape index (κ3) is 3.16. The summed E-state index contributed by atoms with van der Waals surface area (Å²) < 4.78 is 1.16. The number of nitrogen functional groups attached to an aromatic ring is 1. The summed E-state index contributed by atoms with van der Waals surface area (Å²) in [6.07, 6.45) is 1.06. The van der Waals surface area contributed by atoms with Gasteiger partial charge in [-0.2, -0.15) is 0 Å². The highest BCUT2D eigenvalue weighted by atomic mass is 127. The molecule has 0 aliphatic carbocycles. The molecule has 0 unspecified atom stereocenters. The predicted molar refractivity (Wildman–Crippen MR) is 86.7 cm³/mol. The Labute approximate surface area is 122 Å². The Bertz CT molecular complexity index is 538. The second-order valence-corrected chi connectivity index (χ2v) is 5.45. The summed E-state index contributed by atoms with van der Waals surface area (Å²) in [6, 6.07) is 14.6. The highest BCUT2D eigenvalue weighted by Gasteiger charge is 2.02. The summed E-state index contributed by atoms with van der Waals surface area (Å²) in [5.74, 6) is 0. The molecule has 3 N–H and O–H groups in total. The maximum Gasteiger partial charge on any atom is 0.0577 e. The minimum Gasteiger partial charge on any atom is -0.397 e. The van der Waals surface area contributed by atoms with Crippen LogP contribution < -0.4 is 11.1 Å². The van der Waals surface area contributed by atoms with E-state index in [0.717, 1.165) is 27.9 Å². The highest BCUT2D eigenvalue weighted by Crippen LogP contribution is 2.22. The lowest BCUT2D eigenvalue weighted by molar-refractivity contribution is 1.04. The molecule has 3 heteroatoms. The van der Waals surface area contributed by atoms with Crippen LogP contribution in [0.15, 0.2) is 42.5 Å². The lowest BCUT2D eigenvalue weighted by Gasteiger charge is -2.12. The largest absolute Gasteiger partial charge is 0.397 e. The zero-order valence-electron chi connectivity index (χ0n) is 10.4. The summed E-state index contributed by atoms with van der Waals surface area (Å²) in [6.45, 7) is 2.99. The average molecular weight is 352 g/mol. The molecule has 0 aliphatic heterocycles. The molecule has 0 saturated carbocycles. The van der Waals surface area contributed by atoms with E-state index in [9.17, 15) is 0 Å². The molecule has 0 atom stereocenters. The van der Waals surface area contributed by atoms with Crippen LogP contribution in [-0.4, -0.2) is 0 Å². The second-order valence-electron chi connectivity index (χ2n) is 4.21. The van der Waals surface area contributed by atoms with Gasteiger partial charge in [-0.3, -0.25) is 0 Å². The van der Waals surface area contributed by atoms with Crippen LogP contribution in [0.5, 0.6) is 0 Å². The molecule has 2 aromatic carbocycles. The Balaban J connectivity index is 2.11. The summed E-state index contributed by atoms with van der Waals surface area (Å²) in [4.78, 5) is 0. The van der Waals surface area contributed by atoms with Crippen molar-refractivity contribution in [3.05, 3.63) is 57.2 Å². The van der Waals surface area contributed by atoms with Gasteiger partial charge in [0, 0.05) is 10.1 Å². The van der Waals surface area contributed by atoms with Gasteiger partial charge in [0.05, 0.1) is 11.4 Å². The first-order chi connectivity index (χ1) is 8.70. The first kappa shape index (κ1) is 13.2. The molecule has 2 rings (SSSR count). The van der Waals surface area contributed by atoms with Gasteiger partial charge in [-0.15, -0.1) is 0 Å². The van der Waals surface area contributed by atoms with E-state index >= 15 is 0 Å². The Morgan fingerprint density at radius 2 is 1.83 bits per heavy atom. The fourth-order valence-electron chi connectivity index (χ4n) is 1.96. The van der Waals surface area contributed by atoms with Gasteiger partial charge in [-0.1, -0.05) is 31.2 Å². The van der Waals surface area contributed by atoms with E-state index < -0.39 is 0 Å². The number of benzene rings is 2. The van der Waals surface area contributed by atoms with Gasteiger partial charge in [-0.05, 0) is 58.3 Å². The van der Waals surface area contributed by atoms with Gasteiger partial charge >= 0.3 is 0 Å². The first-order valence-electron chi connectivity index (χ1n) is 6.06. The van der Waals surface area contributed by atoms with Crippen molar-refractivity contribution in [3.63, 3.8) is 0 Å². The molecule has 0 heterocycles. The quantitative estimate of drug-likeness (QED) is 0.644. The number of rotatable bonds is 4. The highest BCUT2D eigenvalue weighted by molar-refractivity contribution is 14.1. The Kier molecular flexibility index (Phi) is 4.47. The van der Waals surface area contributed by atoms with E-state index in [1.165, 1.54) is 11.1 Å². The Hall–Kier alpha value is -1.23. The normalized spacial score (nSPS) is 10.3. The lowest BCUT2D eigenvalue weighted by Crippen LogP contribution is -2.04. The van der Waals surface area contributed by atoms with Crippen LogP contribution in [0.4, 0.5) is 11.4 Å². The summed E-state index contributed by atoms with van der Waals surface area (Å²) in [7, 11) is 0. The van der Waals surface area contributed by atoms with Crippen molar-refractivity contribution in [2.24, 2.45) is 0 Å². The van der Waals surface area contributed by atoms with E-state index in [4.69, 9.17) is 5.73 Å². The van der Waals surface area contributed by atoms with Crippen molar-refractivity contribution in [1.82, 2.24) is 0 Å². The van der Waals surface area contributed by atoms with Crippen LogP contribution in [0, 0.1) is 3.57 Å². The molecule has 0 saturated heterocycles. The van der Waals surface area contributed by atoms with Crippen LogP contribution in [0.25, 0.3) is 0 Å². The monoisotopic (exact) mass is 352 g/mol. The molecule has 94 valence electrons. The molecule has 18 heavy (non-hydrogen) atoms. The standard InChI is InChI=1S/C15H17IN2/c1-2-11-5-3-4-6-12(11)10-18-15-8-7-13(16)9-14(15)17/h3-9,18H,2,10,17H2,1H3. The van der Waals surface area contributed by atoms with Crippen LogP contribution in [0.3, 0.4) is 0 Å². The first-order valence-corrected chi connectivity index (χ1v) is 7.14. The van der Waals surface area contributed by atoms with Gasteiger partial charge in [0.2, 0.25) is 0 Å². The van der Waals surface area contributed by atoms with Crippen molar-refractivity contribution in [1.29, 1.82) is 0 Å². The molecule has 0 amide bonds. The molecule has 2 aromatic rings. The van der Waals surface area contributed by atoms with E-state index in [1.807, 2.05) is 12.1 Å². The zero-order valence-corrected chi connectivity index (χ0v) is 12.6. The van der Waals surface area contributed by atoms with Gasteiger partial charge in [-0.25, -0.2) is 0 Å². The number of nitrogens with two attached hydrogens (primary N) is 1. The molecule has 0 radical (unpaired) electrons. The molecule has 0 aliphatic rings. The third-order valence-corrected chi connectivity index (χ3v) is 3.65. The van der Waals surface area contributed by atoms with Gasteiger partial charge in [0.1, 0.15) is 0 Å². The molecular weight excluding hydrogens is 335 g/mol. The minimum atomic E-state index is 0.802. The zero-order chi connectivity index (χ0) is 13.0. The topological polar surface area (TPSA) is 38.0 Å². The van der Waals surface area contributed by atoms with Gasteiger partial charge in [0.25, 0.3) is 0 Å². The van der Waals surface area contributed by atoms with Crippen LogP contribution in [0.1, 0.15) is 18.1 Å². The smallest absolute Gasteiger partial charge is 0.0577 e. The van der Waals surface area contributed by atoms with E-state index in [1.54, 1.807) is 0 Å². The Morgan fingerprint density at radius 1 is 1.11 bits per heavy atom. The number of hydrogen-bond acceptors (Lipinski definition) is 2. The van der Waals surface area contributed by atoms with Crippen molar-refractivity contribution < 1.29 is 0 Å². The summed E-state index contributed by atoms with van der Waals surface area (Å²) in [5.41, 5.74) is 10.5. The number of nitrogens with one attached hydrogen (secondary N) is 1. The number of aryl methyl sites for hydroxylation is 1. The lowest BCUT2D eigenvalue weighted by atomic mass is 10.1. The predicted octanol–water partition coefficient (Wildman–Crippen LogP) is 4.05. The van der Waals surface area contributed by atoms with Crippen LogP contribution in [0.2, 0.25) is 0 Å². The molecule has 0 fully saturated rings. The van der Waals surface area contributed by atoms with Gasteiger partial charge < -0.3 is 11.1 Å². The Morgan fingerprint density at radius 3 is 2.50 bits per heavy atom. The van der Waals surface area contributed by atoms with Crippen LogP contribution in [-0.2, 0) is 13.0 Å². The van der Waals surface area contributed by atoms with E-state index in [-0.39, 0.29) is 0 Å². The fourth-order valence-corrected chi connectivity index (χ4v) is 2.48. The number of hydrogen-bond donors (Lipinski definition) is 2. The second kappa shape index (κ2) is 6.09. The average Bonchev–Trinajstić information content (AvgIpc) is 2.38. The number of halogens is 1. The van der Waals surface area contributed by atoms with E-state index in [2.05, 4.69) is 65.2 Å². The summed E-state index contributed by atoms with van der Waals surface area (Å²) >= 11 is 2.27.